The van der Waals surface area contributed by atoms with Crippen LogP contribution in [-0.4, -0.2) is 24.2 Å². The van der Waals surface area contributed by atoms with Gasteiger partial charge in [0.2, 0.25) is 0 Å². The van der Waals surface area contributed by atoms with Crippen molar-refractivity contribution >= 4 is 18.5 Å². The summed E-state index contributed by atoms with van der Waals surface area (Å²) in [5, 5.41) is 3.05. The Morgan fingerprint density at radius 1 is 1.53 bits per heavy atom. The quantitative estimate of drug-likeness (QED) is 0.791. The smallest absolute Gasteiger partial charge is 0.252 e. The molecule has 0 spiro atoms. The molecule has 1 N–H and O–H groups in total. The van der Waals surface area contributed by atoms with Crippen LogP contribution in [0, 0.1) is 0 Å². The van der Waals surface area contributed by atoms with Gasteiger partial charge in [-0.2, -0.15) is 0 Å². The molecule has 1 amide bonds. The van der Waals surface area contributed by atoms with Gasteiger partial charge in [-0.05, 0) is 32.4 Å². The summed E-state index contributed by atoms with van der Waals surface area (Å²) in [5.74, 6) is -0.0875. The van der Waals surface area contributed by atoms with Gasteiger partial charge < -0.3 is 10.1 Å². The van der Waals surface area contributed by atoms with Gasteiger partial charge >= 0.3 is 0 Å². The highest BCUT2D eigenvalue weighted by Crippen LogP contribution is 2.26. The van der Waals surface area contributed by atoms with Crippen LogP contribution >= 0.6 is 12.6 Å². The molecule has 17 heavy (non-hydrogen) atoms. The fourth-order valence-electron chi connectivity index (χ4n) is 1.99. The van der Waals surface area contributed by atoms with Gasteiger partial charge in [0.1, 0.15) is 0 Å². The average Bonchev–Trinajstić information content (AvgIpc) is 2.59. The third kappa shape index (κ3) is 2.48. The Morgan fingerprint density at radius 3 is 2.82 bits per heavy atom. The Kier molecular flexibility index (Phi) is 3.45. The third-order valence-electron chi connectivity index (χ3n) is 3.43. The number of carbonyl (C=O) groups excluding carboxylic acids is 1. The Morgan fingerprint density at radius 2 is 2.24 bits per heavy atom. The first kappa shape index (κ1) is 12.5. The van der Waals surface area contributed by atoms with E-state index in [-0.39, 0.29) is 17.6 Å². The highest BCUT2D eigenvalue weighted by atomic mass is 32.1. The summed E-state index contributed by atoms with van der Waals surface area (Å²) in [5.41, 5.74) is 0.323. The molecule has 0 radical (unpaired) electrons. The summed E-state index contributed by atoms with van der Waals surface area (Å²) in [7, 11) is 0. The van der Waals surface area contributed by atoms with Gasteiger partial charge in [0.15, 0.2) is 0 Å². The Bertz CT molecular complexity index is 435. The molecule has 1 aromatic carbocycles. The van der Waals surface area contributed by atoms with Crippen molar-refractivity contribution in [3.8, 4) is 0 Å². The number of nitrogens with one attached hydrogen (secondary N) is 1. The number of amides is 1. The maximum absolute atomic E-state index is 12.2. The fraction of sp³-hybridized carbons (Fsp3) is 0.462. The lowest BCUT2D eigenvalue weighted by atomic mass is 9.94. The zero-order chi connectivity index (χ0) is 12.5. The zero-order valence-electron chi connectivity index (χ0n) is 10.1. The third-order valence-corrected chi connectivity index (χ3v) is 3.82. The van der Waals surface area contributed by atoms with Crippen LogP contribution in [0.2, 0.25) is 0 Å². The summed E-state index contributed by atoms with van der Waals surface area (Å²) in [6, 6.07) is 7.30. The molecule has 0 saturated carbocycles. The number of rotatable bonds is 2. The molecule has 0 bridgehead atoms. The van der Waals surface area contributed by atoms with Crippen LogP contribution in [0.1, 0.15) is 30.6 Å². The van der Waals surface area contributed by atoms with Gasteiger partial charge in [0.05, 0.1) is 17.2 Å². The minimum Gasteiger partial charge on any atom is -0.376 e. The molecule has 1 fully saturated rings. The first-order valence-corrected chi connectivity index (χ1v) is 6.20. The monoisotopic (exact) mass is 251 g/mol. The lowest BCUT2D eigenvalue weighted by Gasteiger charge is -2.29. The Hall–Kier alpha value is -1.00. The SMILES string of the molecule is CC1OCCC1(C)NC(=O)c1ccccc1S. The second-order valence-electron chi connectivity index (χ2n) is 4.65. The maximum atomic E-state index is 12.2. The van der Waals surface area contributed by atoms with E-state index >= 15 is 0 Å². The van der Waals surface area contributed by atoms with Crippen molar-refractivity contribution in [2.75, 3.05) is 6.61 Å². The van der Waals surface area contributed by atoms with E-state index in [9.17, 15) is 4.79 Å². The topological polar surface area (TPSA) is 38.3 Å². The van der Waals surface area contributed by atoms with Crippen molar-refractivity contribution in [3.05, 3.63) is 29.8 Å². The van der Waals surface area contributed by atoms with Gasteiger partial charge in [0, 0.05) is 11.5 Å². The van der Waals surface area contributed by atoms with E-state index in [0.29, 0.717) is 17.1 Å². The zero-order valence-corrected chi connectivity index (χ0v) is 11.0. The second kappa shape index (κ2) is 4.70. The van der Waals surface area contributed by atoms with Crippen molar-refractivity contribution < 1.29 is 9.53 Å². The lowest BCUT2D eigenvalue weighted by Crippen LogP contribution is -2.50. The Labute approximate surface area is 107 Å². The summed E-state index contributed by atoms with van der Waals surface area (Å²) in [4.78, 5) is 12.9. The minimum atomic E-state index is -0.285. The highest BCUT2D eigenvalue weighted by Gasteiger charge is 2.38. The molecule has 2 rings (SSSR count). The van der Waals surface area contributed by atoms with Crippen LogP contribution in [0.25, 0.3) is 0 Å². The minimum absolute atomic E-state index is 0.0403. The number of hydrogen-bond donors (Lipinski definition) is 2. The molecule has 4 heteroatoms. The predicted molar refractivity (Wildman–Crippen MR) is 69.6 cm³/mol. The second-order valence-corrected chi connectivity index (χ2v) is 5.13. The van der Waals surface area contributed by atoms with E-state index in [4.69, 9.17) is 4.74 Å². The van der Waals surface area contributed by atoms with E-state index in [1.54, 1.807) is 6.07 Å². The van der Waals surface area contributed by atoms with Crippen LogP contribution in [0.4, 0.5) is 0 Å². The fourth-order valence-corrected chi connectivity index (χ4v) is 2.25. The van der Waals surface area contributed by atoms with Gasteiger partial charge in [0.25, 0.3) is 5.91 Å². The lowest BCUT2D eigenvalue weighted by molar-refractivity contribution is 0.0725. The number of carbonyl (C=O) groups is 1. The molecule has 1 aliphatic rings. The molecule has 0 aromatic heterocycles. The number of ether oxygens (including phenoxy) is 1. The molecule has 2 unspecified atom stereocenters. The van der Waals surface area contributed by atoms with Crippen LogP contribution in [0.15, 0.2) is 29.2 Å². The van der Waals surface area contributed by atoms with Gasteiger partial charge in [-0.25, -0.2) is 0 Å². The van der Waals surface area contributed by atoms with E-state index in [1.807, 2.05) is 32.0 Å². The summed E-state index contributed by atoms with van der Waals surface area (Å²) < 4.78 is 5.50. The number of thiol groups is 1. The number of benzene rings is 1. The molecule has 0 aliphatic carbocycles. The average molecular weight is 251 g/mol. The van der Waals surface area contributed by atoms with Crippen molar-refractivity contribution in [1.82, 2.24) is 5.32 Å². The highest BCUT2D eigenvalue weighted by molar-refractivity contribution is 7.80. The van der Waals surface area contributed by atoms with Crippen molar-refractivity contribution in [2.24, 2.45) is 0 Å². The predicted octanol–water partition coefficient (Wildman–Crippen LogP) is 2.27. The molecule has 2 atom stereocenters. The van der Waals surface area contributed by atoms with Crippen LogP contribution in [-0.2, 0) is 4.74 Å². The summed E-state index contributed by atoms with van der Waals surface area (Å²) >= 11 is 4.29. The first-order chi connectivity index (χ1) is 8.03. The van der Waals surface area contributed by atoms with Crippen molar-refractivity contribution in [3.63, 3.8) is 0 Å². The van der Waals surface area contributed by atoms with E-state index in [0.717, 1.165) is 6.42 Å². The summed E-state index contributed by atoms with van der Waals surface area (Å²) in [6.07, 6.45) is 0.882. The van der Waals surface area contributed by atoms with E-state index in [1.165, 1.54) is 0 Å². The molecule has 3 nitrogen and oxygen atoms in total. The molecular weight excluding hydrogens is 234 g/mol. The maximum Gasteiger partial charge on any atom is 0.252 e. The molecule has 1 aliphatic heterocycles. The molecule has 1 heterocycles. The first-order valence-electron chi connectivity index (χ1n) is 5.75. The molecule has 1 aromatic rings. The van der Waals surface area contributed by atoms with Crippen molar-refractivity contribution in [1.29, 1.82) is 0 Å². The standard InChI is InChI=1S/C13H17NO2S/c1-9-13(2,7-8-16-9)14-12(15)10-5-3-4-6-11(10)17/h3-6,9,17H,7-8H2,1-2H3,(H,14,15). The summed E-state index contributed by atoms with van der Waals surface area (Å²) in [6.45, 7) is 4.70. The van der Waals surface area contributed by atoms with Crippen molar-refractivity contribution in [2.45, 2.75) is 36.8 Å². The Balaban J connectivity index is 2.15. The number of hydrogen-bond acceptors (Lipinski definition) is 3. The van der Waals surface area contributed by atoms with E-state index in [2.05, 4.69) is 17.9 Å². The molecular formula is C13H17NO2S. The normalized spacial score (nSPS) is 28.1. The van der Waals surface area contributed by atoms with Crippen LogP contribution in [0.5, 0.6) is 0 Å². The van der Waals surface area contributed by atoms with Gasteiger partial charge in [-0.3, -0.25) is 4.79 Å². The van der Waals surface area contributed by atoms with Crippen LogP contribution < -0.4 is 5.32 Å². The largest absolute Gasteiger partial charge is 0.376 e. The van der Waals surface area contributed by atoms with Gasteiger partial charge in [-0.15, -0.1) is 12.6 Å². The molecule has 92 valence electrons. The van der Waals surface area contributed by atoms with E-state index < -0.39 is 0 Å². The van der Waals surface area contributed by atoms with Gasteiger partial charge in [-0.1, -0.05) is 12.1 Å². The molecule has 1 saturated heterocycles. The van der Waals surface area contributed by atoms with Crippen LogP contribution in [0.3, 0.4) is 0 Å².